The lowest BCUT2D eigenvalue weighted by molar-refractivity contribution is 0.0628. The van der Waals surface area contributed by atoms with Crippen molar-refractivity contribution in [2.75, 3.05) is 25.5 Å². The molecule has 0 bridgehead atoms. The molecule has 0 aliphatic carbocycles. The van der Waals surface area contributed by atoms with Gasteiger partial charge in [0.2, 0.25) is 10.0 Å². The monoisotopic (exact) mass is 319 g/mol. The van der Waals surface area contributed by atoms with Crippen molar-refractivity contribution < 1.29 is 13.5 Å². The Hall–Kier alpha value is -0.890. The summed E-state index contributed by atoms with van der Waals surface area (Å²) < 4.78 is 26.4. The maximum absolute atomic E-state index is 12.5. The predicted octanol–water partition coefficient (Wildman–Crippen LogP) is 1.17. The molecular formula is C12H18ClN3O3S. The van der Waals surface area contributed by atoms with E-state index in [0.717, 1.165) is 0 Å². The molecule has 1 fully saturated rings. The van der Waals surface area contributed by atoms with Crippen LogP contribution in [0.5, 0.6) is 0 Å². The van der Waals surface area contributed by atoms with Crippen molar-refractivity contribution in [1.29, 1.82) is 0 Å². The molecule has 2 unspecified atom stereocenters. The first-order valence-corrected chi connectivity index (χ1v) is 8.19. The molecule has 0 amide bonds. The molecule has 1 aromatic rings. The molecule has 1 aliphatic heterocycles. The molecule has 2 rings (SSSR count). The normalized spacial score (nSPS) is 24.6. The number of aliphatic hydroxyl groups excluding tert-OH is 1. The largest absolute Gasteiger partial charge is 0.393 e. The Kier molecular flexibility index (Phi) is 4.53. The number of aliphatic hydroxyl groups is 1. The molecule has 6 nitrogen and oxygen atoms in total. The fourth-order valence-corrected chi connectivity index (χ4v) is 4.06. The van der Waals surface area contributed by atoms with E-state index in [2.05, 4.69) is 10.3 Å². The lowest BCUT2D eigenvalue weighted by Gasteiger charge is -2.33. The van der Waals surface area contributed by atoms with Crippen LogP contribution in [0.1, 0.15) is 13.3 Å². The highest BCUT2D eigenvalue weighted by atomic mass is 35.5. The Morgan fingerprint density at radius 2 is 2.25 bits per heavy atom. The number of piperidine rings is 1. The van der Waals surface area contributed by atoms with Gasteiger partial charge in [0.1, 0.15) is 10.7 Å². The van der Waals surface area contributed by atoms with E-state index in [-0.39, 0.29) is 15.8 Å². The van der Waals surface area contributed by atoms with Crippen molar-refractivity contribution in [2.45, 2.75) is 24.3 Å². The minimum absolute atomic E-state index is 0.0742. The Balaban J connectivity index is 2.29. The van der Waals surface area contributed by atoms with Crippen LogP contribution in [0.4, 0.5) is 5.82 Å². The number of hydrogen-bond donors (Lipinski definition) is 2. The Labute approximate surface area is 123 Å². The summed E-state index contributed by atoms with van der Waals surface area (Å²) in [5, 5.41) is 12.7. The van der Waals surface area contributed by atoms with Crippen molar-refractivity contribution in [3.63, 3.8) is 0 Å². The molecule has 1 aliphatic rings. The number of aromatic nitrogens is 1. The van der Waals surface area contributed by atoms with Gasteiger partial charge >= 0.3 is 0 Å². The van der Waals surface area contributed by atoms with Gasteiger partial charge in [-0.15, -0.1) is 0 Å². The first-order valence-electron chi connectivity index (χ1n) is 6.37. The summed E-state index contributed by atoms with van der Waals surface area (Å²) in [6.07, 6.45) is 1.29. The maximum atomic E-state index is 12.5. The highest BCUT2D eigenvalue weighted by Crippen LogP contribution is 2.27. The predicted molar refractivity (Wildman–Crippen MR) is 77.3 cm³/mol. The van der Waals surface area contributed by atoms with Crippen molar-refractivity contribution in [3.8, 4) is 0 Å². The number of hydrogen-bond acceptors (Lipinski definition) is 5. The molecule has 2 heterocycles. The zero-order valence-electron chi connectivity index (χ0n) is 11.4. The molecule has 0 aromatic carbocycles. The van der Waals surface area contributed by atoms with E-state index in [4.69, 9.17) is 11.6 Å². The molecule has 1 aromatic heterocycles. The zero-order valence-corrected chi connectivity index (χ0v) is 12.9. The number of pyridine rings is 1. The van der Waals surface area contributed by atoms with Crippen LogP contribution in [0, 0.1) is 5.92 Å². The number of nitrogens with zero attached hydrogens (tertiary/aromatic N) is 2. The summed E-state index contributed by atoms with van der Waals surface area (Å²) in [5.41, 5.74) is 0. The number of halogens is 1. The Bertz CT molecular complexity index is 594. The lowest BCUT2D eigenvalue weighted by atomic mass is 9.99. The first-order chi connectivity index (χ1) is 9.36. The third-order valence-electron chi connectivity index (χ3n) is 3.51. The van der Waals surface area contributed by atoms with Crippen molar-refractivity contribution in [1.82, 2.24) is 9.29 Å². The fourth-order valence-electron chi connectivity index (χ4n) is 2.21. The van der Waals surface area contributed by atoms with Crippen molar-refractivity contribution >= 4 is 27.4 Å². The topological polar surface area (TPSA) is 82.5 Å². The van der Waals surface area contributed by atoms with E-state index in [9.17, 15) is 13.5 Å². The van der Waals surface area contributed by atoms with Crippen molar-refractivity contribution in [3.05, 3.63) is 17.3 Å². The average Bonchev–Trinajstić information content (AvgIpc) is 2.41. The van der Waals surface area contributed by atoms with Crippen LogP contribution in [0.2, 0.25) is 5.02 Å². The van der Waals surface area contributed by atoms with Gasteiger partial charge in [0.15, 0.2) is 0 Å². The number of anilines is 1. The van der Waals surface area contributed by atoms with Gasteiger partial charge in [-0.1, -0.05) is 18.5 Å². The quantitative estimate of drug-likeness (QED) is 0.874. The molecule has 0 saturated carbocycles. The molecule has 0 radical (unpaired) electrons. The van der Waals surface area contributed by atoms with Crippen LogP contribution in [0.25, 0.3) is 0 Å². The van der Waals surface area contributed by atoms with Gasteiger partial charge in [0, 0.05) is 26.3 Å². The first kappa shape index (κ1) is 15.5. The summed E-state index contributed by atoms with van der Waals surface area (Å²) >= 11 is 5.98. The van der Waals surface area contributed by atoms with E-state index in [0.29, 0.717) is 25.3 Å². The average molecular weight is 320 g/mol. The Morgan fingerprint density at radius 3 is 2.80 bits per heavy atom. The highest BCUT2D eigenvalue weighted by Gasteiger charge is 2.33. The lowest BCUT2D eigenvalue weighted by Crippen LogP contribution is -2.44. The van der Waals surface area contributed by atoms with Crippen LogP contribution in [0.15, 0.2) is 17.2 Å². The zero-order chi connectivity index (χ0) is 14.9. The highest BCUT2D eigenvalue weighted by molar-refractivity contribution is 7.89. The van der Waals surface area contributed by atoms with E-state index >= 15 is 0 Å². The van der Waals surface area contributed by atoms with Crippen LogP contribution in [-0.2, 0) is 10.0 Å². The molecule has 20 heavy (non-hydrogen) atoms. The minimum atomic E-state index is -3.62. The summed E-state index contributed by atoms with van der Waals surface area (Å²) in [6, 6.07) is 1.39. The second-order valence-electron chi connectivity index (χ2n) is 4.95. The standard InChI is InChI=1S/C12H18ClN3O3S/c1-8-7-16(4-3-11(8)17)20(18,19)9-5-10(13)12(14-2)15-6-9/h5-6,8,11,17H,3-4,7H2,1-2H3,(H,14,15). The summed E-state index contributed by atoms with van der Waals surface area (Å²) in [6.45, 7) is 2.44. The molecule has 8 heteroatoms. The maximum Gasteiger partial charge on any atom is 0.244 e. The van der Waals surface area contributed by atoms with E-state index in [1.54, 1.807) is 7.05 Å². The van der Waals surface area contributed by atoms with Gasteiger partial charge in [0.25, 0.3) is 0 Å². The molecule has 112 valence electrons. The van der Waals surface area contributed by atoms with Crippen LogP contribution in [0.3, 0.4) is 0 Å². The summed E-state index contributed by atoms with van der Waals surface area (Å²) in [5.74, 6) is 0.353. The van der Waals surface area contributed by atoms with E-state index < -0.39 is 16.1 Å². The van der Waals surface area contributed by atoms with Crippen LogP contribution < -0.4 is 5.32 Å². The number of sulfonamides is 1. The second kappa shape index (κ2) is 5.85. The van der Waals surface area contributed by atoms with Gasteiger partial charge in [-0.25, -0.2) is 13.4 Å². The second-order valence-corrected chi connectivity index (χ2v) is 7.29. The smallest absolute Gasteiger partial charge is 0.244 e. The SMILES string of the molecule is CNc1ncc(S(=O)(=O)N2CCC(O)C(C)C2)cc1Cl. The minimum Gasteiger partial charge on any atom is -0.393 e. The molecular weight excluding hydrogens is 302 g/mol. The van der Waals surface area contributed by atoms with Crippen molar-refractivity contribution in [2.24, 2.45) is 5.92 Å². The van der Waals surface area contributed by atoms with Gasteiger partial charge in [0.05, 0.1) is 11.1 Å². The van der Waals surface area contributed by atoms with Gasteiger partial charge in [-0.3, -0.25) is 0 Å². The van der Waals surface area contributed by atoms with E-state index in [1.165, 1.54) is 16.6 Å². The van der Waals surface area contributed by atoms with Gasteiger partial charge < -0.3 is 10.4 Å². The third-order valence-corrected chi connectivity index (χ3v) is 5.63. The summed E-state index contributed by atoms with van der Waals surface area (Å²) in [4.78, 5) is 4.07. The fraction of sp³-hybridized carbons (Fsp3) is 0.583. The van der Waals surface area contributed by atoms with Gasteiger partial charge in [-0.05, 0) is 18.4 Å². The number of rotatable bonds is 3. The summed E-state index contributed by atoms with van der Waals surface area (Å²) in [7, 11) is -1.96. The molecule has 0 spiro atoms. The van der Waals surface area contributed by atoms with Gasteiger partial charge in [-0.2, -0.15) is 4.31 Å². The van der Waals surface area contributed by atoms with Crippen LogP contribution in [-0.4, -0.2) is 49.1 Å². The number of nitrogens with one attached hydrogen (secondary N) is 1. The van der Waals surface area contributed by atoms with E-state index in [1.807, 2.05) is 6.92 Å². The molecule has 2 N–H and O–H groups in total. The molecule has 1 saturated heterocycles. The Morgan fingerprint density at radius 1 is 1.55 bits per heavy atom. The third kappa shape index (κ3) is 2.90. The van der Waals surface area contributed by atoms with Crippen LogP contribution >= 0.6 is 11.6 Å². The molecule has 2 atom stereocenters.